The van der Waals surface area contributed by atoms with Gasteiger partial charge in [-0.05, 0) is 57.4 Å². The highest BCUT2D eigenvalue weighted by molar-refractivity contribution is 7.89. The number of amides is 1. The van der Waals surface area contributed by atoms with E-state index in [0.29, 0.717) is 41.7 Å². The molecule has 0 fully saturated rings. The first-order valence-corrected chi connectivity index (χ1v) is 14.6. The third kappa shape index (κ3) is 8.34. The van der Waals surface area contributed by atoms with E-state index in [-0.39, 0.29) is 49.5 Å². The molecule has 2 aromatic carbocycles. The molecule has 0 saturated carbocycles. The summed E-state index contributed by atoms with van der Waals surface area (Å²) in [6.45, 7) is 4.38. The predicted octanol–water partition coefficient (Wildman–Crippen LogP) is 3.61. The van der Waals surface area contributed by atoms with Crippen LogP contribution in [0.15, 0.2) is 47.4 Å². The quantitative estimate of drug-likeness (QED) is 0.261. The number of thiazole rings is 1. The first-order valence-electron chi connectivity index (χ1n) is 12.3. The second kappa shape index (κ2) is 15.5. The van der Waals surface area contributed by atoms with Crippen molar-refractivity contribution in [2.75, 3.05) is 79.2 Å². The van der Waals surface area contributed by atoms with Gasteiger partial charge in [0.1, 0.15) is 11.3 Å². The largest absolute Gasteiger partial charge is 0.492 e. The molecular formula is C26H37ClN4O6S2. The van der Waals surface area contributed by atoms with Crippen LogP contribution in [0.4, 0.5) is 5.13 Å². The van der Waals surface area contributed by atoms with E-state index in [4.69, 9.17) is 19.2 Å². The molecule has 1 heterocycles. The zero-order valence-electron chi connectivity index (χ0n) is 23.0. The molecule has 0 bridgehead atoms. The summed E-state index contributed by atoms with van der Waals surface area (Å²) in [6, 6.07) is 11.7. The number of benzene rings is 2. The lowest BCUT2D eigenvalue weighted by atomic mass is 10.2. The summed E-state index contributed by atoms with van der Waals surface area (Å²) in [5.74, 6) is 0.414. The highest BCUT2D eigenvalue weighted by Gasteiger charge is 2.26. The van der Waals surface area contributed by atoms with Crippen LogP contribution in [0.3, 0.4) is 0 Å². The van der Waals surface area contributed by atoms with Crippen molar-refractivity contribution >= 4 is 55.0 Å². The Hall–Kier alpha value is -2.32. The van der Waals surface area contributed by atoms with E-state index in [0.717, 1.165) is 4.70 Å². The summed E-state index contributed by atoms with van der Waals surface area (Å²) in [4.78, 5) is 22.1. The number of likely N-dealkylation sites (N-methyl/N-ethyl adjacent to an activating group) is 1. The molecule has 1 aromatic heterocycles. The van der Waals surface area contributed by atoms with Gasteiger partial charge in [0.25, 0.3) is 5.91 Å². The van der Waals surface area contributed by atoms with Gasteiger partial charge in [-0.3, -0.25) is 9.69 Å². The fourth-order valence-corrected chi connectivity index (χ4v) is 6.11. The average molecular weight is 601 g/mol. The zero-order chi connectivity index (χ0) is 27.7. The summed E-state index contributed by atoms with van der Waals surface area (Å²) in [5.41, 5.74) is 1.08. The van der Waals surface area contributed by atoms with E-state index < -0.39 is 10.0 Å². The van der Waals surface area contributed by atoms with Crippen LogP contribution in [0, 0.1) is 0 Å². The van der Waals surface area contributed by atoms with Gasteiger partial charge in [-0.2, -0.15) is 4.31 Å². The normalized spacial score (nSPS) is 11.7. The van der Waals surface area contributed by atoms with E-state index in [1.54, 1.807) is 17.0 Å². The molecule has 216 valence electrons. The van der Waals surface area contributed by atoms with Crippen LogP contribution in [-0.4, -0.2) is 103 Å². The number of aromatic nitrogens is 1. The Balaban J connectivity index is 0.00000533. The second-order valence-corrected chi connectivity index (χ2v) is 11.7. The van der Waals surface area contributed by atoms with Crippen molar-refractivity contribution in [1.82, 2.24) is 14.2 Å². The number of fused-ring (bicyclic) bond motifs is 1. The van der Waals surface area contributed by atoms with Crippen LogP contribution in [0.1, 0.15) is 17.3 Å². The lowest BCUT2D eigenvalue weighted by molar-refractivity contribution is 0.0985. The SMILES string of the molecule is CCOc1cccc2sc(N(CCN(C)C)C(=O)c3ccc(S(=O)(=O)N(CCOC)CCOC)cc3)nc12.Cl. The summed E-state index contributed by atoms with van der Waals surface area (Å²) in [5, 5.41) is 0.556. The van der Waals surface area contributed by atoms with Gasteiger partial charge in [0, 0.05) is 46.0 Å². The number of carbonyl (C=O) groups is 1. The minimum Gasteiger partial charge on any atom is -0.492 e. The average Bonchev–Trinajstić information content (AvgIpc) is 3.33. The van der Waals surface area contributed by atoms with Crippen LogP contribution in [0.25, 0.3) is 10.2 Å². The first kappa shape index (κ1) is 32.9. The number of halogens is 1. The number of para-hydroxylation sites is 1. The van der Waals surface area contributed by atoms with Crippen molar-refractivity contribution in [3.63, 3.8) is 0 Å². The van der Waals surface area contributed by atoms with Gasteiger partial charge in [-0.15, -0.1) is 12.4 Å². The lowest BCUT2D eigenvalue weighted by Gasteiger charge is -2.23. The summed E-state index contributed by atoms with van der Waals surface area (Å²) in [6.07, 6.45) is 0. The molecule has 0 spiro atoms. The molecule has 10 nitrogen and oxygen atoms in total. The molecule has 0 aliphatic heterocycles. The van der Waals surface area contributed by atoms with E-state index in [1.807, 2.05) is 44.1 Å². The maximum atomic E-state index is 13.7. The highest BCUT2D eigenvalue weighted by atomic mass is 35.5. The van der Waals surface area contributed by atoms with E-state index in [1.165, 1.54) is 42.0 Å². The Morgan fingerprint density at radius 1 is 0.949 bits per heavy atom. The first-order chi connectivity index (χ1) is 18.2. The zero-order valence-corrected chi connectivity index (χ0v) is 25.4. The van der Waals surface area contributed by atoms with Gasteiger partial charge < -0.3 is 19.1 Å². The number of sulfonamides is 1. The van der Waals surface area contributed by atoms with E-state index in [2.05, 4.69) is 0 Å². The van der Waals surface area contributed by atoms with Gasteiger partial charge >= 0.3 is 0 Å². The third-order valence-electron chi connectivity index (χ3n) is 5.75. The molecule has 0 radical (unpaired) electrons. The minimum absolute atomic E-state index is 0. The predicted molar refractivity (Wildman–Crippen MR) is 157 cm³/mol. The van der Waals surface area contributed by atoms with Gasteiger partial charge in [0.2, 0.25) is 10.0 Å². The lowest BCUT2D eigenvalue weighted by Crippen LogP contribution is -2.37. The van der Waals surface area contributed by atoms with Crippen LogP contribution < -0.4 is 9.64 Å². The van der Waals surface area contributed by atoms with Crippen molar-refractivity contribution in [3.8, 4) is 5.75 Å². The molecule has 0 aliphatic rings. The fraction of sp³-hybridized carbons (Fsp3) is 0.462. The Morgan fingerprint density at radius 2 is 1.59 bits per heavy atom. The molecule has 0 saturated heterocycles. The topological polar surface area (TPSA) is 102 Å². The molecule has 3 rings (SSSR count). The second-order valence-electron chi connectivity index (χ2n) is 8.71. The number of nitrogens with zero attached hydrogens (tertiary/aromatic N) is 4. The molecule has 1 amide bonds. The fourth-order valence-electron chi connectivity index (χ4n) is 3.70. The highest BCUT2D eigenvalue weighted by Crippen LogP contribution is 2.35. The van der Waals surface area contributed by atoms with Gasteiger partial charge in [0.15, 0.2) is 5.13 Å². The molecule has 39 heavy (non-hydrogen) atoms. The molecule has 13 heteroatoms. The van der Waals surface area contributed by atoms with Crippen LogP contribution in [0.5, 0.6) is 5.75 Å². The Morgan fingerprint density at radius 3 is 2.15 bits per heavy atom. The summed E-state index contributed by atoms with van der Waals surface area (Å²) >= 11 is 1.42. The number of methoxy groups -OCH3 is 2. The Labute approximate surface area is 240 Å². The smallest absolute Gasteiger partial charge is 0.260 e. The number of anilines is 1. The molecule has 0 atom stereocenters. The van der Waals surface area contributed by atoms with E-state index >= 15 is 0 Å². The summed E-state index contributed by atoms with van der Waals surface area (Å²) in [7, 11) is 3.12. The standard InChI is InChI=1S/C26H36N4O6S2.ClH/c1-6-36-22-8-7-9-23-24(22)27-26(37-23)30(15-14-28(2)3)25(31)20-10-12-21(13-11-20)38(32,33)29(16-18-34-4)17-19-35-5;/h7-13H,6,14-19H2,1-5H3;1H. The minimum atomic E-state index is -3.79. The van der Waals surface area contributed by atoms with Crippen molar-refractivity contribution in [2.24, 2.45) is 0 Å². The van der Waals surface area contributed by atoms with Gasteiger partial charge in [-0.1, -0.05) is 17.4 Å². The monoisotopic (exact) mass is 600 g/mol. The molecule has 3 aromatic rings. The van der Waals surface area contributed by atoms with Crippen molar-refractivity contribution in [3.05, 3.63) is 48.0 Å². The van der Waals surface area contributed by atoms with Crippen LogP contribution >= 0.6 is 23.7 Å². The Bertz CT molecular complexity index is 1290. The van der Waals surface area contributed by atoms with Gasteiger partial charge in [0.05, 0.1) is 29.4 Å². The summed E-state index contributed by atoms with van der Waals surface area (Å²) < 4.78 is 44.6. The molecule has 0 unspecified atom stereocenters. The molecule has 0 aliphatic carbocycles. The third-order valence-corrected chi connectivity index (χ3v) is 8.70. The van der Waals surface area contributed by atoms with E-state index in [9.17, 15) is 13.2 Å². The molecular weight excluding hydrogens is 564 g/mol. The van der Waals surface area contributed by atoms with Crippen LogP contribution in [-0.2, 0) is 19.5 Å². The van der Waals surface area contributed by atoms with Crippen molar-refractivity contribution < 1.29 is 27.4 Å². The Kier molecular flexibility index (Phi) is 13.0. The molecule has 0 N–H and O–H groups in total. The number of hydrogen-bond acceptors (Lipinski definition) is 9. The maximum absolute atomic E-state index is 13.7. The van der Waals surface area contributed by atoms with Crippen molar-refractivity contribution in [2.45, 2.75) is 11.8 Å². The number of carbonyl (C=O) groups excluding carboxylic acids is 1. The van der Waals surface area contributed by atoms with Crippen molar-refractivity contribution in [1.29, 1.82) is 0 Å². The number of rotatable bonds is 15. The van der Waals surface area contributed by atoms with Crippen LogP contribution in [0.2, 0.25) is 0 Å². The number of ether oxygens (including phenoxy) is 3. The number of hydrogen-bond donors (Lipinski definition) is 0. The van der Waals surface area contributed by atoms with Gasteiger partial charge in [-0.25, -0.2) is 13.4 Å². The maximum Gasteiger partial charge on any atom is 0.260 e.